The van der Waals surface area contributed by atoms with Crippen LogP contribution in [0.5, 0.6) is 0 Å². The normalized spacial score (nSPS) is 6.57. The van der Waals surface area contributed by atoms with Gasteiger partial charge in [0.15, 0.2) is 0 Å². The van der Waals surface area contributed by atoms with Crippen molar-refractivity contribution >= 4 is 35.0 Å². The first-order chi connectivity index (χ1) is 2.64. The van der Waals surface area contributed by atoms with E-state index in [9.17, 15) is 0 Å². The molecule has 0 unspecified atom stereocenters. The molecule has 0 N–H and O–H groups in total. The van der Waals surface area contributed by atoms with Gasteiger partial charge in [-0.1, -0.05) is 0 Å². The molecule has 0 radical (unpaired) electrons. The predicted octanol–water partition coefficient (Wildman–Crippen LogP) is -4.02. The molecule has 0 aliphatic heterocycles. The summed E-state index contributed by atoms with van der Waals surface area (Å²) >= 11 is 5.65. The summed E-state index contributed by atoms with van der Waals surface area (Å²) in [7, 11) is 3.95. The van der Waals surface area contributed by atoms with Crippen LogP contribution in [-0.4, -0.2) is 54.0 Å². The molecule has 0 aliphatic carbocycles. The van der Waals surface area contributed by atoms with Crippen molar-refractivity contribution in [2.24, 2.45) is 0 Å². The zero-order valence-corrected chi connectivity index (χ0v) is 10.2. The Kier molecular flexibility index (Phi) is 9.59. The van der Waals surface area contributed by atoms with E-state index in [1.807, 2.05) is 19.0 Å². The summed E-state index contributed by atoms with van der Waals surface area (Å²) in [4.78, 5) is 1.97. The molecule has 7 heavy (non-hydrogen) atoms. The van der Waals surface area contributed by atoms with E-state index in [-0.39, 0.29) is 29.6 Å². The molecule has 0 heterocycles. The van der Waals surface area contributed by atoms with Gasteiger partial charge in [-0.2, -0.15) is 0 Å². The summed E-state index contributed by atoms with van der Waals surface area (Å²) in [5.41, 5.74) is 0. The summed E-state index contributed by atoms with van der Waals surface area (Å²) in [6.07, 6.45) is 0. The molecule has 0 saturated carbocycles. The minimum absolute atomic E-state index is 0. The SMILES string of the molecule is CN(C)C(=[Se])[Se-].[Na+]. The van der Waals surface area contributed by atoms with Crippen LogP contribution in [0.25, 0.3) is 0 Å². The topological polar surface area (TPSA) is 3.24 Å². The first-order valence-corrected chi connectivity index (χ1v) is 3.24. The number of hydrogen-bond donors (Lipinski definition) is 0. The van der Waals surface area contributed by atoms with Gasteiger partial charge in [-0.3, -0.25) is 0 Å². The zero-order valence-electron chi connectivity index (χ0n) is 4.76. The Hall–Kier alpha value is 1.71. The van der Waals surface area contributed by atoms with E-state index in [0.29, 0.717) is 0 Å². The molecule has 0 aliphatic rings. The summed E-state index contributed by atoms with van der Waals surface area (Å²) in [5.74, 6) is 0. The molecule has 0 fully saturated rings. The molecule has 0 aromatic rings. The molecule has 1 nitrogen and oxygen atoms in total. The van der Waals surface area contributed by atoms with Crippen LogP contribution in [0.2, 0.25) is 0 Å². The average molecular weight is 237 g/mol. The molecule has 0 rings (SSSR count). The van der Waals surface area contributed by atoms with E-state index in [2.05, 4.69) is 31.6 Å². The molecule has 0 aromatic heterocycles. The van der Waals surface area contributed by atoms with Crippen LogP contribution in [0.15, 0.2) is 0 Å². The monoisotopic (exact) mass is 239 g/mol. The Balaban J connectivity index is 0. The molecule has 0 amide bonds. The van der Waals surface area contributed by atoms with Crippen LogP contribution in [0.3, 0.4) is 0 Å². The number of rotatable bonds is 1. The minimum atomic E-state index is 0. The second kappa shape index (κ2) is 5.84. The van der Waals surface area contributed by atoms with Gasteiger partial charge in [0.2, 0.25) is 0 Å². The standard InChI is InChI=1S/C3H7NSe2.Na/c1-4(2)3(5)6;/h1-2H3,(H,5,6);/q;+1/p-1. The Morgan fingerprint density at radius 3 is 1.71 bits per heavy atom. The van der Waals surface area contributed by atoms with Crippen molar-refractivity contribution in [2.45, 2.75) is 0 Å². The number of nitrogens with zero attached hydrogens (tertiary/aromatic N) is 1. The molecule has 0 bridgehead atoms. The van der Waals surface area contributed by atoms with Gasteiger partial charge in [0, 0.05) is 0 Å². The van der Waals surface area contributed by atoms with Crippen molar-refractivity contribution in [2.75, 3.05) is 14.1 Å². The van der Waals surface area contributed by atoms with Gasteiger partial charge in [0.1, 0.15) is 0 Å². The van der Waals surface area contributed by atoms with Crippen LogP contribution in [0, 0.1) is 0 Å². The summed E-state index contributed by atoms with van der Waals surface area (Å²) < 4.78 is 1.09. The maximum Gasteiger partial charge on any atom is 1.00 e. The third-order valence-corrected chi connectivity index (χ3v) is 1.90. The average Bonchev–Trinajstić information content (AvgIpc) is 1.36. The molecule has 4 heteroatoms. The van der Waals surface area contributed by atoms with Crippen molar-refractivity contribution < 1.29 is 29.6 Å². The summed E-state index contributed by atoms with van der Waals surface area (Å²) in [5, 5.41) is 0. The predicted molar refractivity (Wildman–Crippen MR) is 30.2 cm³/mol. The first kappa shape index (κ1) is 11.5. The molecular weight excluding hydrogens is 231 g/mol. The smallest absolute Gasteiger partial charge is 1.00 e. The summed E-state index contributed by atoms with van der Waals surface area (Å²) in [6, 6.07) is 0. The number of hydrogen-bond acceptors (Lipinski definition) is 1. The van der Waals surface area contributed by atoms with E-state index < -0.39 is 0 Å². The van der Waals surface area contributed by atoms with Crippen molar-refractivity contribution in [3.63, 3.8) is 0 Å². The quantitative estimate of drug-likeness (QED) is 0.420. The molecule has 36 valence electrons. The maximum absolute atomic E-state index is 2.83. The Morgan fingerprint density at radius 2 is 1.71 bits per heavy atom. The van der Waals surface area contributed by atoms with Crippen molar-refractivity contribution in [1.82, 2.24) is 4.90 Å². The van der Waals surface area contributed by atoms with E-state index in [1.165, 1.54) is 0 Å². The van der Waals surface area contributed by atoms with Crippen LogP contribution in [0.4, 0.5) is 0 Å². The van der Waals surface area contributed by atoms with Crippen LogP contribution < -0.4 is 29.6 Å². The fraction of sp³-hybridized carbons (Fsp3) is 0.667. The fourth-order valence-electron chi connectivity index (χ4n) is 0. The van der Waals surface area contributed by atoms with E-state index in [0.717, 1.165) is 3.44 Å². The van der Waals surface area contributed by atoms with Crippen LogP contribution >= 0.6 is 0 Å². The van der Waals surface area contributed by atoms with Gasteiger partial charge in [-0.05, 0) is 0 Å². The second-order valence-electron chi connectivity index (χ2n) is 1.16. The molecular formula is C3H6NNaSe2. The molecule has 0 atom stereocenters. The largest absolute Gasteiger partial charge is 1.00 e. The molecule has 0 saturated heterocycles. The Bertz CT molecular complexity index is 64.0. The molecule has 0 aromatic carbocycles. The maximum atomic E-state index is 2.83. The fourth-order valence-corrected chi connectivity index (χ4v) is 0. The van der Waals surface area contributed by atoms with Gasteiger partial charge in [-0.15, -0.1) is 0 Å². The van der Waals surface area contributed by atoms with Crippen LogP contribution in [-0.2, 0) is 0 Å². The Labute approximate surface area is 82.7 Å². The van der Waals surface area contributed by atoms with E-state index >= 15 is 0 Å². The van der Waals surface area contributed by atoms with Crippen molar-refractivity contribution in [3.8, 4) is 0 Å². The first-order valence-electron chi connectivity index (χ1n) is 1.53. The third-order valence-electron chi connectivity index (χ3n) is 0.365. The van der Waals surface area contributed by atoms with Gasteiger partial charge in [0.05, 0.1) is 0 Å². The third kappa shape index (κ3) is 7.71. The van der Waals surface area contributed by atoms with E-state index in [1.54, 1.807) is 0 Å². The summed E-state index contributed by atoms with van der Waals surface area (Å²) in [6.45, 7) is 0. The second-order valence-corrected chi connectivity index (χ2v) is 4.09. The Morgan fingerprint density at radius 1 is 1.57 bits per heavy atom. The molecule has 0 spiro atoms. The zero-order chi connectivity index (χ0) is 5.15. The van der Waals surface area contributed by atoms with Crippen LogP contribution in [0.1, 0.15) is 0 Å². The van der Waals surface area contributed by atoms with Gasteiger partial charge >= 0.3 is 83.6 Å². The van der Waals surface area contributed by atoms with Gasteiger partial charge in [0.25, 0.3) is 0 Å². The minimum Gasteiger partial charge on any atom is 1.00 e. The van der Waals surface area contributed by atoms with Crippen molar-refractivity contribution in [3.05, 3.63) is 0 Å². The van der Waals surface area contributed by atoms with Gasteiger partial charge in [-0.25, -0.2) is 0 Å². The van der Waals surface area contributed by atoms with E-state index in [4.69, 9.17) is 0 Å². The van der Waals surface area contributed by atoms with Gasteiger partial charge < -0.3 is 0 Å². The van der Waals surface area contributed by atoms with Crippen molar-refractivity contribution in [1.29, 1.82) is 0 Å².